The van der Waals surface area contributed by atoms with Crippen LogP contribution in [-0.2, 0) is 4.74 Å². The zero-order valence-electron chi connectivity index (χ0n) is 9.69. The molecule has 1 aromatic rings. The molecule has 0 unspecified atom stereocenters. The number of thioether (sulfide) groups is 1. The molecule has 0 spiro atoms. The van der Waals surface area contributed by atoms with Gasteiger partial charge in [-0.2, -0.15) is 0 Å². The van der Waals surface area contributed by atoms with Crippen molar-refractivity contribution in [2.24, 2.45) is 0 Å². The molecule has 0 atom stereocenters. The summed E-state index contributed by atoms with van der Waals surface area (Å²) in [6, 6.07) is 5.62. The normalized spacial score (nSPS) is 17.2. The molecule has 1 fully saturated rings. The highest BCUT2D eigenvalue weighted by Gasteiger charge is 2.10. The van der Waals surface area contributed by atoms with Crippen LogP contribution in [0.25, 0.3) is 0 Å². The molecule has 0 bridgehead atoms. The van der Waals surface area contributed by atoms with Crippen LogP contribution in [0.2, 0.25) is 5.02 Å². The first-order chi connectivity index (χ1) is 8.25. The maximum absolute atomic E-state index is 6.11. The van der Waals surface area contributed by atoms with Crippen LogP contribution in [0.1, 0.15) is 0 Å². The lowest BCUT2D eigenvalue weighted by Crippen LogP contribution is -2.37. The number of hydrogen-bond donors (Lipinski definition) is 1. The summed E-state index contributed by atoms with van der Waals surface area (Å²) in [5, 5.41) is 0.783. The van der Waals surface area contributed by atoms with E-state index in [4.69, 9.17) is 22.1 Å². The molecule has 0 aliphatic carbocycles. The number of nitrogens with two attached hydrogens (primary N) is 1. The molecule has 17 heavy (non-hydrogen) atoms. The highest BCUT2D eigenvalue weighted by atomic mass is 35.5. The van der Waals surface area contributed by atoms with E-state index in [0.717, 1.165) is 54.2 Å². The monoisotopic (exact) mass is 272 g/mol. The molecule has 3 nitrogen and oxygen atoms in total. The largest absolute Gasteiger partial charge is 0.399 e. The molecule has 1 aromatic carbocycles. The molecule has 0 aromatic heterocycles. The lowest BCUT2D eigenvalue weighted by atomic mass is 10.3. The number of nitrogen functional groups attached to an aromatic ring is 1. The van der Waals surface area contributed by atoms with Gasteiger partial charge in [-0.15, -0.1) is 11.8 Å². The Hall–Kier alpha value is -0.420. The second-order valence-corrected chi connectivity index (χ2v) is 5.54. The van der Waals surface area contributed by atoms with Crippen molar-refractivity contribution in [2.45, 2.75) is 4.90 Å². The average Bonchev–Trinajstić information content (AvgIpc) is 2.35. The topological polar surface area (TPSA) is 38.5 Å². The lowest BCUT2D eigenvalue weighted by molar-refractivity contribution is 0.0410. The number of ether oxygens (including phenoxy) is 1. The fourth-order valence-electron chi connectivity index (χ4n) is 1.74. The van der Waals surface area contributed by atoms with E-state index in [1.54, 1.807) is 11.8 Å². The van der Waals surface area contributed by atoms with Gasteiger partial charge in [-0.25, -0.2) is 0 Å². The molecule has 2 rings (SSSR count). The number of morpholine rings is 1. The van der Waals surface area contributed by atoms with Crippen molar-refractivity contribution in [1.82, 2.24) is 4.90 Å². The van der Waals surface area contributed by atoms with Crippen LogP contribution < -0.4 is 5.73 Å². The summed E-state index contributed by atoms with van der Waals surface area (Å²) in [7, 11) is 0. The Morgan fingerprint density at radius 3 is 2.88 bits per heavy atom. The molecular formula is C12H17ClN2OS. The average molecular weight is 273 g/mol. The molecule has 0 amide bonds. The van der Waals surface area contributed by atoms with E-state index in [2.05, 4.69) is 4.90 Å². The number of nitrogens with zero attached hydrogens (tertiary/aromatic N) is 1. The predicted octanol–water partition coefficient (Wildman–Crippen LogP) is 2.35. The third-order valence-corrected chi connectivity index (χ3v) is 4.20. The van der Waals surface area contributed by atoms with Crippen LogP contribution in [0.3, 0.4) is 0 Å². The van der Waals surface area contributed by atoms with E-state index in [1.807, 2.05) is 18.2 Å². The van der Waals surface area contributed by atoms with Gasteiger partial charge < -0.3 is 10.5 Å². The van der Waals surface area contributed by atoms with Gasteiger partial charge in [0.1, 0.15) is 0 Å². The zero-order valence-corrected chi connectivity index (χ0v) is 11.3. The van der Waals surface area contributed by atoms with Crippen molar-refractivity contribution in [3.05, 3.63) is 23.2 Å². The van der Waals surface area contributed by atoms with Crippen LogP contribution >= 0.6 is 23.4 Å². The maximum atomic E-state index is 6.11. The molecule has 0 radical (unpaired) electrons. The summed E-state index contributed by atoms with van der Waals surface area (Å²) in [6.07, 6.45) is 0. The molecule has 0 saturated carbocycles. The zero-order chi connectivity index (χ0) is 12.1. The Morgan fingerprint density at radius 1 is 1.35 bits per heavy atom. The smallest absolute Gasteiger partial charge is 0.0594 e. The Labute approximate surface area is 111 Å². The summed E-state index contributed by atoms with van der Waals surface area (Å²) in [6.45, 7) is 4.84. The van der Waals surface area contributed by atoms with Gasteiger partial charge in [-0.1, -0.05) is 11.6 Å². The molecule has 94 valence electrons. The van der Waals surface area contributed by atoms with Crippen molar-refractivity contribution in [1.29, 1.82) is 0 Å². The van der Waals surface area contributed by atoms with Crippen molar-refractivity contribution in [2.75, 3.05) is 44.3 Å². The molecular weight excluding hydrogens is 256 g/mol. The van der Waals surface area contributed by atoms with Gasteiger partial charge in [0.05, 0.1) is 18.2 Å². The van der Waals surface area contributed by atoms with Crippen LogP contribution in [0.4, 0.5) is 5.69 Å². The third-order valence-electron chi connectivity index (χ3n) is 2.72. The molecule has 1 saturated heterocycles. The van der Waals surface area contributed by atoms with E-state index < -0.39 is 0 Å². The molecule has 2 N–H and O–H groups in total. The van der Waals surface area contributed by atoms with Gasteiger partial charge in [0.15, 0.2) is 0 Å². The lowest BCUT2D eigenvalue weighted by Gasteiger charge is -2.26. The molecule has 1 aliphatic rings. The first kappa shape index (κ1) is 13.0. The number of halogens is 1. The SMILES string of the molecule is Nc1ccc(Cl)c(SCCN2CCOCC2)c1. The summed E-state index contributed by atoms with van der Waals surface area (Å²) < 4.78 is 5.31. The van der Waals surface area contributed by atoms with Crippen molar-refractivity contribution in [3.8, 4) is 0 Å². The standard InChI is InChI=1S/C12H17ClN2OS/c13-11-2-1-10(14)9-12(11)17-8-5-15-3-6-16-7-4-15/h1-2,9H,3-8,14H2. The van der Waals surface area contributed by atoms with E-state index >= 15 is 0 Å². The molecule has 5 heteroatoms. The van der Waals surface area contributed by atoms with Gasteiger partial charge in [-0.05, 0) is 18.2 Å². The number of benzene rings is 1. The van der Waals surface area contributed by atoms with Crippen LogP contribution in [0, 0.1) is 0 Å². The Balaban J connectivity index is 1.79. The highest BCUT2D eigenvalue weighted by molar-refractivity contribution is 7.99. The minimum absolute atomic E-state index is 0.767. The first-order valence-corrected chi connectivity index (χ1v) is 7.10. The molecule has 1 heterocycles. The van der Waals surface area contributed by atoms with Gasteiger partial charge in [0, 0.05) is 36.0 Å². The summed E-state index contributed by atoms with van der Waals surface area (Å²) in [4.78, 5) is 3.48. The minimum atomic E-state index is 0.767. The van der Waals surface area contributed by atoms with Crippen molar-refractivity contribution >= 4 is 29.1 Å². The van der Waals surface area contributed by atoms with Gasteiger partial charge in [-0.3, -0.25) is 4.90 Å². The van der Waals surface area contributed by atoms with Crippen molar-refractivity contribution < 1.29 is 4.74 Å². The van der Waals surface area contributed by atoms with Gasteiger partial charge >= 0.3 is 0 Å². The number of anilines is 1. The fourth-order valence-corrected chi connectivity index (χ4v) is 3.02. The van der Waals surface area contributed by atoms with E-state index in [-0.39, 0.29) is 0 Å². The second-order valence-electron chi connectivity index (χ2n) is 3.99. The Kier molecular flexibility index (Phi) is 4.98. The highest BCUT2D eigenvalue weighted by Crippen LogP contribution is 2.28. The Bertz CT molecular complexity index is 370. The van der Waals surface area contributed by atoms with Crippen LogP contribution in [0.15, 0.2) is 23.1 Å². The maximum Gasteiger partial charge on any atom is 0.0594 e. The summed E-state index contributed by atoms with van der Waals surface area (Å²) in [5.41, 5.74) is 6.51. The number of hydrogen-bond acceptors (Lipinski definition) is 4. The minimum Gasteiger partial charge on any atom is -0.399 e. The predicted molar refractivity (Wildman–Crippen MR) is 73.8 cm³/mol. The number of rotatable bonds is 4. The van der Waals surface area contributed by atoms with Gasteiger partial charge in [0.25, 0.3) is 0 Å². The fraction of sp³-hybridized carbons (Fsp3) is 0.500. The van der Waals surface area contributed by atoms with Crippen LogP contribution in [-0.4, -0.2) is 43.5 Å². The van der Waals surface area contributed by atoms with Crippen LogP contribution in [0.5, 0.6) is 0 Å². The quantitative estimate of drug-likeness (QED) is 0.675. The summed E-state index contributed by atoms with van der Waals surface area (Å²) >= 11 is 7.87. The second kappa shape index (κ2) is 6.50. The van der Waals surface area contributed by atoms with E-state index in [1.165, 1.54) is 0 Å². The van der Waals surface area contributed by atoms with Crippen molar-refractivity contribution in [3.63, 3.8) is 0 Å². The van der Waals surface area contributed by atoms with Gasteiger partial charge in [0.2, 0.25) is 0 Å². The molecule has 1 aliphatic heterocycles. The van der Waals surface area contributed by atoms with E-state index in [9.17, 15) is 0 Å². The Morgan fingerprint density at radius 2 is 2.12 bits per heavy atom. The summed E-state index contributed by atoms with van der Waals surface area (Å²) in [5.74, 6) is 1.03. The van der Waals surface area contributed by atoms with E-state index in [0.29, 0.717) is 0 Å². The third kappa shape index (κ3) is 4.07. The first-order valence-electron chi connectivity index (χ1n) is 5.73.